The summed E-state index contributed by atoms with van der Waals surface area (Å²) in [5, 5.41) is 0. The zero-order valence-electron chi connectivity index (χ0n) is 9.71. The number of hydrogen-bond acceptors (Lipinski definition) is 2. The van der Waals surface area contributed by atoms with Crippen LogP contribution in [0.4, 0.5) is 0 Å². The first-order valence-corrected chi connectivity index (χ1v) is 5.94. The molecule has 0 heterocycles. The van der Waals surface area contributed by atoms with E-state index in [2.05, 4.69) is 18.8 Å². The Morgan fingerprint density at radius 3 is 2.47 bits per heavy atom. The van der Waals surface area contributed by atoms with Crippen molar-refractivity contribution in [2.24, 2.45) is 11.8 Å². The number of rotatable bonds is 2. The Morgan fingerprint density at radius 2 is 1.93 bits per heavy atom. The Bertz CT molecular complexity index is 251. The Hall–Kier alpha value is -0.970. The molecule has 0 aliphatic heterocycles. The molecule has 0 bridgehead atoms. The summed E-state index contributed by atoms with van der Waals surface area (Å²) in [5.41, 5.74) is 0. The minimum absolute atomic E-state index is 0.380. The van der Waals surface area contributed by atoms with Crippen molar-refractivity contribution in [1.82, 2.24) is 0 Å². The molecule has 84 valence electrons. The van der Waals surface area contributed by atoms with E-state index in [1.54, 1.807) is 6.92 Å². The molecule has 0 spiro atoms. The maximum absolute atomic E-state index is 11.0. The highest BCUT2D eigenvalue weighted by Crippen LogP contribution is 2.29. The number of esters is 1. The number of hydrogen-bond donors (Lipinski definition) is 0. The molecule has 1 saturated carbocycles. The summed E-state index contributed by atoms with van der Waals surface area (Å²) in [5.74, 6) is 6.52. The fourth-order valence-electron chi connectivity index (χ4n) is 2.04. The van der Waals surface area contributed by atoms with Crippen molar-refractivity contribution in [3.63, 3.8) is 0 Å². The molecule has 1 aliphatic rings. The van der Waals surface area contributed by atoms with Gasteiger partial charge in [0, 0.05) is 11.8 Å². The van der Waals surface area contributed by atoms with Crippen molar-refractivity contribution in [1.29, 1.82) is 0 Å². The second kappa shape index (κ2) is 6.50. The third kappa shape index (κ3) is 4.38. The molecule has 1 rings (SSSR count). The van der Waals surface area contributed by atoms with E-state index in [0.29, 0.717) is 12.5 Å². The predicted octanol–water partition coefficient (Wildman–Crippen LogP) is 2.77. The third-order valence-corrected chi connectivity index (χ3v) is 3.08. The second-order valence-electron chi connectivity index (χ2n) is 4.12. The van der Waals surface area contributed by atoms with Crippen molar-refractivity contribution in [3.05, 3.63) is 0 Å². The SMILES string of the molecule is CCOC(=O)C#CC1CCC(CC)CC1. The van der Waals surface area contributed by atoms with Crippen LogP contribution in [0.1, 0.15) is 46.0 Å². The van der Waals surface area contributed by atoms with Crippen molar-refractivity contribution < 1.29 is 9.53 Å². The van der Waals surface area contributed by atoms with Gasteiger partial charge in [-0.3, -0.25) is 0 Å². The van der Waals surface area contributed by atoms with E-state index in [1.165, 1.54) is 19.3 Å². The van der Waals surface area contributed by atoms with Crippen LogP contribution in [0.5, 0.6) is 0 Å². The molecule has 0 N–H and O–H groups in total. The van der Waals surface area contributed by atoms with Crippen molar-refractivity contribution >= 4 is 5.97 Å². The second-order valence-corrected chi connectivity index (χ2v) is 4.12. The molecule has 0 radical (unpaired) electrons. The van der Waals surface area contributed by atoms with Gasteiger partial charge in [-0.1, -0.05) is 19.3 Å². The summed E-state index contributed by atoms with van der Waals surface area (Å²) in [7, 11) is 0. The summed E-state index contributed by atoms with van der Waals surface area (Å²) >= 11 is 0. The molecule has 0 atom stereocenters. The fraction of sp³-hybridized carbons (Fsp3) is 0.769. The van der Waals surface area contributed by atoms with Crippen LogP contribution in [-0.4, -0.2) is 12.6 Å². The van der Waals surface area contributed by atoms with Crippen LogP contribution in [0.15, 0.2) is 0 Å². The topological polar surface area (TPSA) is 26.3 Å². The van der Waals surface area contributed by atoms with E-state index in [-0.39, 0.29) is 5.97 Å². The van der Waals surface area contributed by atoms with E-state index in [0.717, 1.165) is 18.8 Å². The lowest BCUT2D eigenvalue weighted by Crippen LogP contribution is -2.13. The highest BCUT2D eigenvalue weighted by molar-refractivity contribution is 5.88. The average Bonchev–Trinajstić information content (AvgIpc) is 2.27. The van der Waals surface area contributed by atoms with E-state index < -0.39 is 0 Å². The molecule has 0 amide bonds. The Morgan fingerprint density at radius 1 is 1.27 bits per heavy atom. The molecule has 0 unspecified atom stereocenters. The molecule has 0 aromatic carbocycles. The quantitative estimate of drug-likeness (QED) is 0.396. The first kappa shape index (κ1) is 12.1. The van der Waals surface area contributed by atoms with Crippen molar-refractivity contribution in [2.75, 3.05) is 6.61 Å². The zero-order valence-corrected chi connectivity index (χ0v) is 9.71. The molecule has 0 aromatic rings. The number of carbonyl (C=O) groups is 1. The lowest BCUT2D eigenvalue weighted by atomic mass is 9.81. The third-order valence-electron chi connectivity index (χ3n) is 3.08. The first-order chi connectivity index (χ1) is 7.26. The van der Waals surface area contributed by atoms with E-state index in [1.807, 2.05) is 0 Å². The summed E-state index contributed by atoms with van der Waals surface area (Å²) in [6, 6.07) is 0. The summed E-state index contributed by atoms with van der Waals surface area (Å²) in [4.78, 5) is 11.0. The van der Waals surface area contributed by atoms with Crippen LogP contribution in [-0.2, 0) is 9.53 Å². The number of carbonyl (C=O) groups excluding carboxylic acids is 1. The van der Waals surface area contributed by atoms with E-state index in [4.69, 9.17) is 4.74 Å². The molecule has 0 aromatic heterocycles. The maximum atomic E-state index is 11.0. The highest BCUT2D eigenvalue weighted by Gasteiger charge is 2.18. The van der Waals surface area contributed by atoms with Crippen LogP contribution in [0.3, 0.4) is 0 Å². The van der Waals surface area contributed by atoms with Crippen LogP contribution in [0, 0.1) is 23.7 Å². The van der Waals surface area contributed by atoms with Crippen molar-refractivity contribution in [2.45, 2.75) is 46.0 Å². The Balaban J connectivity index is 2.31. The van der Waals surface area contributed by atoms with Gasteiger partial charge < -0.3 is 4.74 Å². The molecular weight excluding hydrogens is 188 g/mol. The smallest absolute Gasteiger partial charge is 0.384 e. The monoisotopic (exact) mass is 208 g/mol. The maximum Gasteiger partial charge on any atom is 0.384 e. The molecule has 1 aliphatic carbocycles. The van der Waals surface area contributed by atoms with Crippen LogP contribution >= 0.6 is 0 Å². The van der Waals surface area contributed by atoms with Gasteiger partial charge in [0.05, 0.1) is 6.61 Å². The van der Waals surface area contributed by atoms with Gasteiger partial charge in [-0.25, -0.2) is 4.79 Å². The minimum Gasteiger partial charge on any atom is -0.456 e. The first-order valence-electron chi connectivity index (χ1n) is 5.94. The van der Waals surface area contributed by atoms with E-state index >= 15 is 0 Å². The van der Waals surface area contributed by atoms with Gasteiger partial charge >= 0.3 is 5.97 Å². The van der Waals surface area contributed by atoms with Gasteiger partial charge in [-0.2, -0.15) is 0 Å². The average molecular weight is 208 g/mol. The van der Waals surface area contributed by atoms with Gasteiger partial charge in [-0.15, -0.1) is 0 Å². The standard InChI is InChI=1S/C13H20O2/c1-3-11-5-7-12(8-6-11)9-10-13(14)15-4-2/h11-12H,3-8H2,1-2H3. The van der Waals surface area contributed by atoms with Crippen molar-refractivity contribution in [3.8, 4) is 11.8 Å². The Labute approximate surface area is 92.4 Å². The molecule has 2 nitrogen and oxygen atoms in total. The van der Waals surface area contributed by atoms with Gasteiger partial charge in [-0.05, 0) is 38.5 Å². The normalized spacial score (nSPS) is 25.2. The van der Waals surface area contributed by atoms with Gasteiger partial charge in [0.1, 0.15) is 0 Å². The lowest BCUT2D eigenvalue weighted by Gasteiger charge is -2.24. The molecular formula is C13H20O2. The largest absolute Gasteiger partial charge is 0.456 e. The summed E-state index contributed by atoms with van der Waals surface area (Å²) < 4.78 is 4.76. The Kier molecular flexibility index (Phi) is 5.25. The molecule has 1 fully saturated rings. The molecule has 0 saturated heterocycles. The van der Waals surface area contributed by atoms with Gasteiger partial charge in [0.15, 0.2) is 0 Å². The highest BCUT2D eigenvalue weighted by atomic mass is 16.5. The fourth-order valence-corrected chi connectivity index (χ4v) is 2.04. The van der Waals surface area contributed by atoms with E-state index in [9.17, 15) is 4.79 Å². The minimum atomic E-state index is -0.380. The lowest BCUT2D eigenvalue weighted by molar-refractivity contribution is -0.136. The van der Waals surface area contributed by atoms with Crippen LogP contribution < -0.4 is 0 Å². The zero-order chi connectivity index (χ0) is 11.1. The van der Waals surface area contributed by atoms with Crippen LogP contribution in [0.2, 0.25) is 0 Å². The number of ether oxygens (including phenoxy) is 1. The van der Waals surface area contributed by atoms with Gasteiger partial charge in [0.2, 0.25) is 0 Å². The molecule has 15 heavy (non-hydrogen) atoms. The summed E-state index contributed by atoms with van der Waals surface area (Å²) in [6.45, 7) is 4.46. The van der Waals surface area contributed by atoms with Gasteiger partial charge in [0.25, 0.3) is 0 Å². The van der Waals surface area contributed by atoms with Crippen LogP contribution in [0.25, 0.3) is 0 Å². The summed E-state index contributed by atoms with van der Waals surface area (Å²) in [6.07, 6.45) is 6.09. The predicted molar refractivity (Wildman–Crippen MR) is 60.1 cm³/mol. The molecule has 2 heteroatoms.